The van der Waals surface area contributed by atoms with Gasteiger partial charge in [-0.3, -0.25) is 0 Å². The van der Waals surface area contributed by atoms with Gasteiger partial charge in [0.05, 0.1) is 12.8 Å². The number of hydrogen-bond acceptors (Lipinski definition) is 2. The molecular formula is C12H16N2OS. The Morgan fingerprint density at radius 1 is 1.31 bits per heavy atom. The molecule has 1 aliphatic rings. The van der Waals surface area contributed by atoms with Crippen molar-refractivity contribution in [1.29, 1.82) is 0 Å². The van der Waals surface area contributed by atoms with Crippen molar-refractivity contribution in [1.82, 2.24) is 0 Å². The first-order chi connectivity index (χ1) is 7.70. The number of nitrogens with one attached hydrogen (secondary N) is 1. The zero-order valence-electron chi connectivity index (χ0n) is 9.38. The monoisotopic (exact) mass is 236 g/mol. The van der Waals surface area contributed by atoms with Crippen LogP contribution >= 0.6 is 12.2 Å². The second-order valence-electron chi connectivity index (χ2n) is 4.02. The molecule has 0 fully saturated rings. The molecule has 0 unspecified atom stereocenters. The van der Waals surface area contributed by atoms with Crippen LogP contribution in [-0.4, -0.2) is 12.2 Å². The van der Waals surface area contributed by atoms with Crippen LogP contribution in [0, 0.1) is 0 Å². The summed E-state index contributed by atoms with van der Waals surface area (Å²) >= 11 is 4.85. The smallest absolute Gasteiger partial charge is 0.168 e. The molecule has 86 valence electrons. The minimum absolute atomic E-state index is 0.272. The first-order valence-corrected chi connectivity index (χ1v) is 5.88. The van der Waals surface area contributed by atoms with Crippen LogP contribution in [0.3, 0.4) is 0 Å². The minimum Gasteiger partial charge on any atom is -0.495 e. The standard InChI is InChI=1S/C12H16N2OS/c1-15-11-7-9-5-3-2-4-8(9)6-10(11)14-12(13)16/h6-7H,2-5H2,1H3,(H3,13,14,16). The van der Waals surface area contributed by atoms with Crippen LogP contribution < -0.4 is 15.8 Å². The number of aryl methyl sites for hydroxylation is 2. The second-order valence-corrected chi connectivity index (χ2v) is 4.46. The normalized spacial score (nSPS) is 14.1. The summed E-state index contributed by atoms with van der Waals surface area (Å²) in [7, 11) is 1.66. The van der Waals surface area contributed by atoms with E-state index in [2.05, 4.69) is 17.4 Å². The summed E-state index contributed by atoms with van der Waals surface area (Å²) in [6.07, 6.45) is 4.79. The summed E-state index contributed by atoms with van der Waals surface area (Å²) in [6, 6.07) is 4.20. The Morgan fingerprint density at radius 2 is 1.94 bits per heavy atom. The van der Waals surface area contributed by atoms with Crippen molar-refractivity contribution in [3.05, 3.63) is 23.3 Å². The van der Waals surface area contributed by atoms with Gasteiger partial charge in [-0.25, -0.2) is 0 Å². The fraction of sp³-hybridized carbons (Fsp3) is 0.417. The number of benzene rings is 1. The Morgan fingerprint density at radius 3 is 2.50 bits per heavy atom. The summed E-state index contributed by atoms with van der Waals surface area (Å²) in [5.41, 5.74) is 9.13. The first kappa shape index (κ1) is 11.2. The molecule has 0 aliphatic heterocycles. The van der Waals surface area contributed by atoms with Crippen molar-refractivity contribution in [2.24, 2.45) is 5.73 Å². The van der Waals surface area contributed by atoms with E-state index >= 15 is 0 Å². The highest BCUT2D eigenvalue weighted by Gasteiger charge is 2.13. The zero-order chi connectivity index (χ0) is 11.5. The van der Waals surface area contributed by atoms with Crippen molar-refractivity contribution < 1.29 is 4.74 Å². The molecule has 1 aromatic carbocycles. The fourth-order valence-electron chi connectivity index (χ4n) is 2.16. The maximum Gasteiger partial charge on any atom is 0.168 e. The van der Waals surface area contributed by atoms with Crippen molar-refractivity contribution in [3.63, 3.8) is 0 Å². The van der Waals surface area contributed by atoms with Crippen LogP contribution in [0.15, 0.2) is 12.1 Å². The second kappa shape index (κ2) is 4.70. The van der Waals surface area contributed by atoms with E-state index in [1.54, 1.807) is 7.11 Å². The number of fused-ring (bicyclic) bond motifs is 1. The number of methoxy groups -OCH3 is 1. The minimum atomic E-state index is 0.272. The predicted molar refractivity (Wildman–Crippen MR) is 70.0 cm³/mol. The molecule has 4 heteroatoms. The van der Waals surface area contributed by atoms with E-state index in [1.165, 1.54) is 24.0 Å². The molecule has 0 heterocycles. The zero-order valence-corrected chi connectivity index (χ0v) is 10.2. The SMILES string of the molecule is COc1cc2c(cc1NC(N)=S)CCCC2. The molecule has 16 heavy (non-hydrogen) atoms. The average Bonchev–Trinajstić information content (AvgIpc) is 2.27. The van der Waals surface area contributed by atoms with E-state index in [1.807, 2.05) is 0 Å². The molecule has 1 aliphatic carbocycles. The Labute approximate surface area is 101 Å². The van der Waals surface area contributed by atoms with Gasteiger partial charge in [-0.2, -0.15) is 0 Å². The number of rotatable bonds is 2. The lowest BCUT2D eigenvalue weighted by molar-refractivity contribution is 0.415. The third-order valence-corrected chi connectivity index (χ3v) is 3.02. The first-order valence-electron chi connectivity index (χ1n) is 5.47. The number of nitrogens with two attached hydrogens (primary N) is 1. The van der Waals surface area contributed by atoms with Crippen LogP contribution in [-0.2, 0) is 12.8 Å². The molecule has 3 nitrogen and oxygen atoms in total. The Kier molecular flexibility index (Phi) is 3.29. The van der Waals surface area contributed by atoms with Crippen LogP contribution in [0.2, 0.25) is 0 Å². The molecule has 0 saturated carbocycles. The van der Waals surface area contributed by atoms with Gasteiger partial charge >= 0.3 is 0 Å². The Hall–Kier alpha value is -1.29. The summed E-state index contributed by atoms with van der Waals surface area (Å²) in [5.74, 6) is 0.813. The Bertz CT molecular complexity index is 418. The molecule has 1 aromatic rings. The number of anilines is 1. The molecule has 3 N–H and O–H groups in total. The van der Waals surface area contributed by atoms with Gasteiger partial charge in [-0.1, -0.05) is 0 Å². The van der Waals surface area contributed by atoms with Crippen molar-refractivity contribution in [2.75, 3.05) is 12.4 Å². The summed E-state index contributed by atoms with van der Waals surface area (Å²) in [4.78, 5) is 0. The van der Waals surface area contributed by atoms with Crippen LogP contribution in [0.4, 0.5) is 5.69 Å². The number of hydrogen-bond donors (Lipinski definition) is 2. The summed E-state index contributed by atoms with van der Waals surface area (Å²) < 4.78 is 5.33. The van der Waals surface area contributed by atoms with Crippen LogP contribution in [0.5, 0.6) is 5.75 Å². The van der Waals surface area contributed by atoms with Crippen LogP contribution in [0.25, 0.3) is 0 Å². The Balaban J connectivity index is 2.39. The third kappa shape index (κ3) is 2.27. The highest BCUT2D eigenvalue weighted by atomic mass is 32.1. The van der Waals surface area contributed by atoms with Crippen molar-refractivity contribution in [2.45, 2.75) is 25.7 Å². The van der Waals surface area contributed by atoms with E-state index in [4.69, 9.17) is 22.7 Å². The average molecular weight is 236 g/mol. The van der Waals surface area contributed by atoms with E-state index in [0.717, 1.165) is 24.3 Å². The summed E-state index contributed by atoms with van der Waals surface area (Å²) in [6.45, 7) is 0. The van der Waals surface area contributed by atoms with Gasteiger partial charge < -0.3 is 15.8 Å². The molecular weight excluding hydrogens is 220 g/mol. The van der Waals surface area contributed by atoms with Gasteiger partial charge in [0.1, 0.15) is 5.75 Å². The number of ether oxygens (including phenoxy) is 1. The van der Waals surface area contributed by atoms with Gasteiger partial charge in [-0.15, -0.1) is 0 Å². The maximum absolute atomic E-state index is 5.49. The lowest BCUT2D eigenvalue weighted by Gasteiger charge is -2.19. The quantitative estimate of drug-likeness (QED) is 0.773. The largest absolute Gasteiger partial charge is 0.495 e. The molecule has 0 bridgehead atoms. The topological polar surface area (TPSA) is 47.3 Å². The van der Waals surface area contributed by atoms with Gasteiger partial charge in [0, 0.05) is 0 Å². The molecule has 2 rings (SSSR count). The van der Waals surface area contributed by atoms with Crippen molar-refractivity contribution >= 4 is 23.0 Å². The van der Waals surface area contributed by atoms with E-state index in [0.29, 0.717) is 0 Å². The molecule has 0 atom stereocenters. The highest BCUT2D eigenvalue weighted by molar-refractivity contribution is 7.80. The summed E-state index contributed by atoms with van der Waals surface area (Å²) in [5, 5.41) is 3.23. The molecule has 0 saturated heterocycles. The van der Waals surface area contributed by atoms with Crippen molar-refractivity contribution in [3.8, 4) is 5.75 Å². The molecule has 0 spiro atoms. The lowest BCUT2D eigenvalue weighted by atomic mass is 9.91. The van der Waals surface area contributed by atoms with Gasteiger partial charge in [0.15, 0.2) is 5.11 Å². The van der Waals surface area contributed by atoms with Crippen LogP contribution in [0.1, 0.15) is 24.0 Å². The van der Waals surface area contributed by atoms with E-state index in [9.17, 15) is 0 Å². The van der Waals surface area contributed by atoms with Gasteiger partial charge in [0.2, 0.25) is 0 Å². The maximum atomic E-state index is 5.49. The van der Waals surface area contributed by atoms with Gasteiger partial charge in [0.25, 0.3) is 0 Å². The molecule has 0 amide bonds. The lowest BCUT2D eigenvalue weighted by Crippen LogP contribution is -2.20. The molecule has 0 radical (unpaired) electrons. The predicted octanol–water partition coefficient (Wildman–Crippen LogP) is 2.23. The fourth-order valence-corrected chi connectivity index (χ4v) is 2.27. The van der Waals surface area contributed by atoms with E-state index < -0.39 is 0 Å². The molecule has 0 aromatic heterocycles. The highest BCUT2D eigenvalue weighted by Crippen LogP contribution is 2.32. The third-order valence-electron chi connectivity index (χ3n) is 2.92. The number of thiocarbonyl (C=S) groups is 1. The van der Waals surface area contributed by atoms with Gasteiger partial charge in [-0.05, 0) is 61.2 Å². The van der Waals surface area contributed by atoms with E-state index in [-0.39, 0.29) is 5.11 Å².